The van der Waals surface area contributed by atoms with Gasteiger partial charge in [0, 0.05) is 19.3 Å². The van der Waals surface area contributed by atoms with Crippen molar-refractivity contribution in [3.8, 4) is 0 Å². The summed E-state index contributed by atoms with van der Waals surface area (Å²) in [6, 6.07) is 9.04. The predicted octanol–water partition coefficient (Wildman–Crippen LogP) is 3.64. The Labute approximate surface area is 112 Å². The Morgan fingerprint density at radius 1 is 1.17 bits per heavy atom. The lowest BCUT2D eigenvalue weighted by atomic mass is 9.98. The summed E-state index contributed by atoms with van der Waals surface area (Å²) in [5, 5.41) is 3.19. The average molecular weight is 248 g/mol. The molecule has 0 aliphatic heterocycles. The first kappa shape index (κ1) is 15.0. The van der Waals surface area contributed by atoms with Crippen LogP contribution in [0.5, 0.6) is 0 Å². The minimum atomic E-state index is 0.667. The molecule has 18 heavy (non-hydrogen) atoms. The van der Waals surface area contributed by atoms with E-state index in [0.29, 0.717) is 5.92 Å². The van der Waals surface area contributed by atoms with Gasteiger partial charge in [-0.25, -0.2) is 0 Å². The zero-order chi connectivity index (χ0) is 13.4. The lowest BCUT2D eigenvalue weighted by Gasteiger charge is -2.20. The van der Waals surface area contributed by atoms with Gasteiger partial charge < -0.3 is 10.2 Å². The third-order valence-electron chi connectivity index (χ3n) is 3.69. The van der Waals surface area contributed by atoms with E-state index in [-0.39, 0.29) is 0 Å². The highest BCUT2D eigenvalue weighted by atomic mass is 15.1. The molecule has 0 heterocycles. The van der Waals surface area contributed by atoms with Gasteiger partial charge in [0.15, 0.2) is 0 Å². The van der Waals surface area contributed by atoms with Crippen molar-refractivity contribution in [2.24, 2.45) is 0 Å². The molecule has 1 rings (SSSR count). The average Bonchev–Trinajstić information content (AvgIpc) is 2.42. The molecule has 102 valence electrons. The molecular formula is C16H28N2. The van der Waals surface area contributed by atoms with Crippen LogP contribution in [0.1, 0.15) is 44.6 Å². The number of nitrogens with zero attached hydrogens (tertiary/aromatic N) is 1. The van der Waals surface area contributed by atoms with Gasteiger partial charge in [-0.05, 0) is 56.5 Å². The summed E-state index contributed by atoms with van der Waals surface area (Å²) < 4.78 is 0. The van der Waals surface area contributed by atoms with Crippen LogP contribution in [0, 0.1) is 0 Å². The fourth-order valence-corrected chi connectivity index (χ4v) is 2.07. The van der Waals surface area contributed by atoms with Gasteiger partial charge in [-0.1, -0.05) is 26.0 Å². The highest BCUT2D eigenvalue weighted by Gasteiger charge is 2.04. The van der Waals surface area contributed by atoms with Crippen LogP contribution in [0.25, 0.3) is 0 Å². The molecule has 1 aromatic rings. The molecule has 0 spiro atoms. The second-order valence-electron chi connectivity index (χ2n) is 5.13. The van der Waals surface area contributed by atoms with Crippen LogP contribution in [-0.4, -0.2) is 27.2 Å². The largest absolute Gasteiger partial charge is 0.375 e. The molecule has 0 amide bonds. The maximum atomic E-state index is 3.19. The maximum absolute atomic E-state index is 3.19. The Bertz CT molecular complexity index is 318. The summed E-state index contributed by atoms with van der Waals surface area (Å²) in [5.41, 5.74) is 2.77. The number of unbranched alkanes of at least 4 members (excludes halogenated alkanes) is 1. The van der Waals surface area contributed by atoms with Crippen molar-refractivity contribution in [2.75, 3.05) is 32.1 Å². The van der Waals surface area contributed by atoms with E-state index < -0.39 is 0 Å². The molecule has 0 aliphatic rings. The second-order valence-corrected chi connectivity index (χ2v) is 5.13. The summed E-state index contributed by atoms with van der Waals surface area (Å²) in [7, 11) is 4.19. The minimum absolute atomic E-state index is 0.667. The fourth-order valence-electron chi connectivity index (χ4n) is 2.07. The van der Waals surface area contributed by atoms with E-state index in [1.165, 1.54) is 30.5 Å². The van der Waals surface area contributed by atoms with Gasteiger partial charge in [-0.2, -0.15) is 0 Å². The Kier molecular flexibility index (Phi) is 6.81. The van der Waals surface area contributed by atoms with Crippen molar-refractivity contribution in [2.45, 2.75) is 39.0 Å². The van der Waals surface area contributed by atoms with Crippen LogP contribution in [0.4, 0.5) is 5.69 Å². The molecule has 2 heteroatoms. The van der Waals surface area contributed by atoms with E-state index in [2.05, 4.69) is 55.4 Å². The number of nitrogens with one attached hydrogen (secondary N) is 1. The normalized spacial score (nSPS) is 12.4. The quantitative estimate of drug-likeness (QED) is 0.707. The molecule has 0 radical (unpaired) electrons. The monoisotopic (exact) mass is 248 g/mol. The summed E-state index contributed by atoms with van der Waals surface area (Å²) in [5.74, 6) is 0.667. The van der Waals surface area contributed by atoms with E-state index in [9.17, 15) is 0 Å². The molecule has 0 fully saturated rings. The van der Waals surface area contributed by atoms with Crippen LogP contribution < -0.4 is 10.2 Å². The predicted molar refractivity (Wildman–Crippen MR) is 81.6 cm³/mol. The van der Waals surface area contributed by atoms with Crippen LogP contribution in [0.2, 0.25) is 0 Å². The summed E-state index contributed by atoms with van der Waals surface area (Å²) in [6.45, 7) is 6.77. The van der Waals surface area contributed by atoms with Gasteiger partial charge in [0.2, 0.25) is 0 Å². The Balaban J connectivity index is 2.46. The molecule has 1 atom stereocenters. The van der Waals surface area contributed by atoms with Crippen LogP contribution in [0.15, 0.2) is 24.3 Å². The molecule has 1 unspecified atom stereocenters. The molecule has 2 nitrogen and oxygen atoms in total. The highest BCUT2D eigenvalue weighted by Crippen LogP contribution is 2.22. The number of hydrogen-bond acceptors (Lipinski definition) is 2. The first-order valence-corrected chi connectivity index (χ1v) is 7.14. The van der Waals surface area contributed by atoms with E-state index in [1.54, 1.807) is 0 Å². The smallest absolute Gasteiger partial charge is 0.0363 e. The van der Waals surface area contributed by atoms with Crippen molar-refractivity contribution < 1.29 is 0 Å². The molecule has 1 N–H and O–H groups in total. The first-order valence-electron chi connectivity index (χ1n) is 7.14. The Hall–Kier alpha value is -1.02. The summed E-state index contributed by atoms with van der Waals surface area (Å²) in [4.78, 5) is 2.34. The van der Waals surface area contributed by atoms with Crippen LogP contribution in [-0.2, 0) is 0 Å². The lowest BCUT2D eigenvalue weighted by Crippen LogP contribution is -2.19. The number of rotatable bonds is 8. The molecule has 0 bridgehead atoms. The van der Waals surface area contributed by atoms with Crippen molar-refractivity contribution in [1.29, 1.82) is 0 Å². The molecule has 0 saturated carbocycles. The zero-order valence-corrected chi connectivity index (χ0v) is 12.4. The first-order chi connectivity index (χ1) is 8.69. The van der Waals surface area contributed by atoms with E-state index >= 15 is 0 Å². The van der Waals surface area contributed by atoms with E-state index in [1.807, 2.05) is 7.05 Å². The van der Waals surface area contributed by atoms with Gasteiger partial charge in [0.05, 0.1) is 0 Å². The summed E-state index contributed by atoms with van der Waals surface area (Å²) in [6.07, 6.45) is 3.69. The Morgan fingerprint density at radius 3 is 2.39 bits per heavy atom. The van der Waals surface area contributed by atoms with Crippen LogP contribution >= 0.6 is 0 Å². The van der Waals surface area contributed by atoms with Crippen molar-refractivity contribution >= 4 is 5.69 Å². The molecule has 0 aliphatic carbocycles. The van der Waals surface area contributed by atoms with Gasteiger partial charge in [-0.15, -0.1) is 0 Å². The van der Waals surface area contributed by atoms with Gasteiger partial charge in [-0.3, -0.25) is 0 Å². The van der Waals surface area contributed by atoms with E-state index in [0.717, 1.165) is 13.1 Å². The van der Waals surface area contributed by atoms with Crippen molar-refractivity contribution in [3.63, 3.8) is 0 Å². The van der Waals surface area contributed by atoms with Gasteiger partial charge in [0.25, 0.3) is 0 Å². The molecule has 0 saturated heterocycles. The summed E-state index contributed by atoms with van der Waals surface area (Å²) >= 11 is 0. The standard InChI is InChI=1S/C16H28N2/c1-5-14(2)15-8-10-16(11-9-15)18(4)13-7-6-12-17-3/h8-11,14,17H,5-7,12-13H2,1-4H3. The number of benzene rings is 1. The minimum Gasteiger partial charge on any atom is -0.375 e. The molecule has 1 aromatic carbocycles. The van der Waals surface area contributed by atoms with Gasteiger partial charge in [0.1, 0.15) is 0 Å². The number of anilines is 1. The topological polar surface area (TPSA) is 15.3 Å². The highest BCUT2D eigenvalue weighted by molar-refractivity contribution is 5.47. The maximum Gasteiger partial charge on any atom is 0.0363 e. The zero-order valence-electron chi connectivity index (χ0n) is 12.4. The third-order valence-corrected chi connectivity index (χ3v) is 3.69. The van der Waals surface area contributed by atoms with Gasteiger partial charge >= 0.3 is 0 Å². The lowest BCUT2D eigenvalue weighted by molar-refractivity contribution is 0.671. The van der Waals surface area contributed by atoms with E-state index in [4.69, 9.17) is 0 Å². The number of hydrogen-bond donors (Lipinski definition) is 1. The molecular weight excluding hydrogens is 220 g/mol. The Morgan fingerprint density at radius 2 is 1.83 bits per heavy atom. The second kappa shape index (κ2) is 8.15. The third kappa shape index (κ3) is 4.69. The van der Waals surface area contributed by atoms with Crippen LogP contribution in [0.3, 0.4) is 0 Å². The molecule has 0 aromatic heterocycles. The fraction of sp³-hybridized carbons (Fsp3) is 0.625. The van der Waals surface area contributed by atoms with Crippen molar-refractivity contribution in [3.05, 3.63) is 29.8 Å². The SMILES string of the molecule is CCC(C)c1ccc(N(C)CCCCNC)cc1. The van der Waals surface area contributed by atoms with Crippen molar-refractivity contribution in [1.82, 2.24) is 5.32 Å².